The highest BCUT2D eigenvalue weighted by Gasteiger charge is 2.15. The van der Waals surface area contributed by atoms with Gasteiger partial charge in [-0.05, 0) is 35.4 Å². The van der Waals surface area contributed by atoms with Crippen molar-refractivity contribution in [2.24, 2.45) is 0 Å². The van der Waals surface area contributed by atoms with Gasteiger partial charge < -0.3 is 4.42 Å². The topological polar surface area (TPSA) is 25.2 Å². The molecule has 3 aromatic rings. The maximum Gasteiger partial charge on any atom is 0.125 e. The van der Waals surface area contributed by atoms with Crippen LogP contribution in [-0.2, 0) is 6.54 Å². The summed E-state index contributed by atoms with van der Waals surface area (Å²) in [7, 11) is 0. The minimum Gasteiger partial charge on any atom is -0.467 e. The number of furan rings is 1. The van der Waals surface area contributed by atoms with Crippen LogP contribution < -0.4 is 5.32 Å². The van der Waals surface area contributed by atoms with Crippen molar-refractivity contribution < 1.29 is 4.42 Å². The molecule has 0 bridgehead atoms. The van der Waals surface area contributed by atoms with Gasteiger partial charge in [0.05, 0.1) is 12.3 Å². The van der Waals surface area contributed by atoms with Crippen molar-refractivity contribution in [3.63, 3.8) is 0 Å². The lowest BCUT2D eigenvalue weighted by Gasteiger charge is -2.17. The number of hydrogen-bond acceptors (Lipinski definition) is 2. The summed E-state index contributed by atoms with van der Waals surface area (Å²) in [6.45, 7) is 0.777. The molecule has 0 aliphatic heterocycles. The van der Waals surface area contributed by atoms with Crippen LogP contribution in [-0.4, -0.2) is 0 Å². The lowest BCUT2D eigenvalue weighted by molar-refractivity contribution is 0.446. The van der Waals surface area contributed by atoms with Crippen LogP contribution in [0.25, 0.3) is 0 Å². The molecule has 0 aliphatic rings. The first-order valence-electron chi connectivity index (χ1n) is 6.89. The maximum absolute atomic E-state index is 5.59. The Kier molecular flexibility index (Phi) is 4.53. The Morgan fingerprint density at radius 3 is 2.52 bits per heavy atom. The number of nitrogens with one attached hydrogen (secondary N) is 1. The molecule has 0 saturated carbocycles. The molecule has 21 heavy (non-hydrogen) atoms. The smallest absolute Gasteiger partial charge is 0.125 e. The number of hydrogen-bond donors (Lipinski definition) is 1. The van der Waals surface area contributed by atoms with E-state index in [1.807, 2.05) is 42.5 Å². The molecular weight excluding hydrogens is 326 g/mol. The standard InChI is InChI=1S/C18H16BrNO/c19-16-9-4-6-14(12-16)13-20-18(17-10-5-11-21-17)15-7-2-1-3-8-15/h1-12,18,20H,13H2. The van der Waals surface area contributed by atoms with Gasteiger partial charge in [-0.3, -0.25) is 5.32 Å². The second-order valence-corrected chi connectivity index (χ2v) is 5.79. The molecule has 3 heteroatoms. The van der Waals surface area contributed by atoms with Crippen molar-refractivity contribution in [3.8, 4) is 0 Å². The quantitative estimate of drug-likeness (QED) is 0.712. The maximum atomic E-state index is 5.59. The van der Waals surface area contributed by atoms with Crippen LogP contribution in [0.2, 0.25) is 0 Å². The summed E-state index contributed by atoms with van der Waals surface area (Å²) in [5, 5.41) is 3.57. The van der Waals surface area contributed by atoms with E-state index in [2.05, 4.69) is 45.5 Å². The first-order valence-corrected chi connectivity index (χ1v) is 7.68. The van der Waals surface area contributed by atoms with Gasteiger partial charge in [-0.1, -0.05) is 58.4 Å². The fourth-order valence-corrected chi connectivity index (χ4v) is 2.80. The molecule has 0 radical (unpaired) electrons. The average molecular weight is 342 g/mol. The molecule has 0 amide bonds. The van der Waals surface area contributed by atoms with E-state index >= 15 is 0 Å². The van der Waals surface area contributed by atoms with Crippen LogP contribution in [0.1, 0.15) is 22.9 Å². The highest BCUT2D eigenvalue weighted by atomic mass is 79.9. The normalized spacial score (nSPS) is 12.2. The van der Waals surface area contributed by atoms with E-state index in [1.165, 1.54) is 11.1 Å². The first-order chi connectivity index (χ1) is 10.3. The van der Waals surface area contributed by atoms with Gasteiger partial charge in [-0.25, -0.2) is 0 Å². The van der Waals surface area contributed by atoms with Crippen molar-refractivity contribution in [1.29, 1.82) is 0 Å². The van der Waals surface area contributed by atoms with Crippen LogP contribution in [0.15, 0.2) is 81.9 Å². The Hall–Kier alpha value is -1.84. The fourth-order valence-electron chi connectivity index (χ4n) is 2.35. The molecular formula is C18H16BrNO. The fraction of sp³-hybridized carbons (Fsp3) is 0.111. The molecule has 106 valence electrons. The van der Waals surface area contributed by atoms with Crippen LogP contribution in [0.5, 0.6) is 0 Å². The van der Waals surface area contributed by atoms with E-state index in [0.717, 1.165) is 16.8 Å². The summed E-state index contributed by atoms with van der Waals surface area (Å²) in [5.74, 6) is 0.927. The van der Waals surface area contributed by atoms with Gasteiger partial charge in [0.2, 0.25) is 0 Å². The van der Waals surface area contributed by atoms with E-state index in [9.17, 15) is 0 Å². The Balaban J connectivity index is 1.80. The molecule has 0 saturated heterocycles. The SMILES string of the molecule is Brc1cccc(CNC(c2ccccc2)c2ccco2)c1. The Labute approximate surface area is 132 Å². The molecule has 1 heterocycles. The van der Waals surface area contributed by atoms with Crippen molar-refractivity contribution in [3.05, 3.63) is 94.4 Å². The Bertz CT molecular complexity index is 679. The molecule has 1 N–H and O–H groups in total. The van der Waals surface area contributed by atoms with Gasteiger partial charge in [0.25, 0.3) is 0 Å². The van der Waals surface area contributed by atoms with Gasteiger partial charge >= 0.3 is 0 Å². The molecule has 3 rings (SSSR count). The second-order valence-electron chi connectivity index (χ2n) is 4.87. The van der Waals surface area contributed by atoms with Gasteiger partial charge in [0, 0.05) is 11.0 Å². The molecule has 0 spiro atoms. The second kappa shape index (κ2) is 6.74. The van der Waals surface area contributed by atoms with Crippen LogP contribution in [0.3, 0.4) is 0 Å². The summed E-state index contributed by atoms with van der Waals surface area (Å²) >= 11 is 3.51. The zero-order chi connectivity index (χ0) is 14.5. The number of benzene rings is 2. The third-order valence-corrected chi connectivity index (χ3v) is 3.85. The zero-order valence-corrected chi connectivity index (χ0v) is 13.1. The summed E-state index contributed by atoms with van der Waals surface area (Å²) in [6, 6.07) is 22.6. The van der Waals surface area contributed by atoms with E-state index in [0.29, 0.717) is 0 Å². The number of rotatable bonds is 5. The first kappa shape index (κ1) is 14.1. The summed E-state index contributed by atoms with van der Waals surface area (Å²) in [6.07, 6.45) is 1.71. The summed E-state index contributed by atoms with van der Waals surface area (Å²) < 4.78 is 6.68. The minimum atomic E-state index is 0.0557. The van der Waals surface area contributed by atoms with Gasteiger partial charge in [-0.15, -0.1) is 0 Å². The van der Waals surface area contributed by atoms with E-state index in [4.69, 9.17) is 4.42 Å². The molecule has 2 nitrogen and oxygen atoms in total. The van der Waals surface area contributed by atoms with E-state index in [1.54, 1.807) is 6.26 Å². The molecule has 2 aromatic carbocycles. The van der Waals surface area contributed by atoms with E-state index in [-0.39, 0.29) is 6.04 Å². The van der Waals surface area contributed by atoms with Crippen LogP contribution in [0, 0.1) is 0 Å². The third-order valence-electron chi connectivity index (χ3n) is 3.36. The molecule has 1 aromatic heterocycles. The average Bonchev–Trinajstić information content (AvgIpc) is 3.03. The predicted molar refractivity (Wildman–Crippen MR) is 88.0 cm³/mol. The van der Waals surface area contributed by atoms with Crippen LogP contribution >= 0.6 is 15.9 Å². The third kappa shape index (κ3) is 3.63. The van der Waals surface area contributed by atoms with E-state index < -0.39 is 0 Å². The largest absolute Gasteiger partial charge is 0.467 e. The molecule has 0 aliphatic carbocycles. The monoisotopic (exact) mass is 341 g/mol. The predicted octanol–water partition coefficient (Wildman–Crippen LogP) is 4.92. The number of halogens is 1. The lowest BCUT2D eigenvalue weighted by atomic mass is 10.0. The highest BCUT2D eigenvalue weighted by Crippen LogP contribution is 2.23. The van der Waals surface area contributed by atoms with Crippen LogP contribution in [0.4, 0.5) is 0 Å². The van der Waals surface area contributed by atoms with Gasteiger partial charge in [-0.2, -0.15) is 0 Å². The molecule has 0 fully saturated rings. The summed E-state index contributed by atoms with van der Waals surface area (Å²) in [5.41, 5.74) is 2.43. The Morgan fingerprint density at radius 1 is 0.952 bits per heavy atom. The van der Waals surface area contributed by atoms with Crippen molar-refractivity contribution in [2.45, 2.75) is 12.6 Å². The van der Waals surface area contributed by atoms with Gasteiger partial charge in [0.15, 0.2) is 0 Å². The van der Waals surface area contributed by atoms with Crippen molar-refractivity contribution >= 4 is 15.9 Å². The van der Waals surface area contributed by atoms with Crippen molar-refractivity contribution in [2.75, 3.05) is 0 Å². The lowest BCUT2D eigenvalue weighted by Crippen LogP contribution is -2.21. The summed E-state index contributed by atoms with van der Waals surface area (Å²) in [4.78, 5) is 0. The molecule has 1 unspecified atom stereocenters. The molecule has 1 atom stereocenters. The van der Waals surface area contributed by atoms with Crippen molar-refractivity contribution in [1.82, 2.24) is 5.32 Å². The van der Waals surface area contributed by atoms with Gasteiger partial charge in [0.1, 0.15) is 5.76 Å². The Morgan fingerprint density at radius 2 is 1.81 bits per heavy atom. The minimum absolute atomic E-state index is 0.0557. The zero-order valence-electron chi connectivity index (χ0n) is 11.5. The highest BCUT2D eigenvalue weighted by molar-refractivity contribution is 9.10.